The number of rotatable bonds is 5. The summed E-state index contributed by atoms with van der Waals surface area (Å²) >= 11 is 0. The van der Waals surface area contributed by atoms with Gasteiger partial charge in [0.15, 0.2) is 0 Å². The summed E-state index contributed by atoms with van der Waals surface area (Å²) in [6, 6.07) is 21.1. The van der Waals surface area contributed by atoms with Gasteiger partial charge >= 0.3 is 11.9 Å². The first-order valence-corrected chi connectivity index (χ1v) is 9.01. The largest absolute Gasteiger partial charge is 0.465 e. The van der Waals surface area contributed by atoms with Crippen molar-refractivity contribution in [3.63, 3.8) is 0 Å². The van der Waals surface area contributed by atoms with Crippen molar-refractivity contribution in [3.8, 4) is 17.2 Å². The Kier molecular flexibility index (Phi) is 6.36. The van der Waals surface area contributed by atoms with Crippen molar-refractivity contribution in [1.82, 2.24) is 0 Å². The van der Waals surface area contributed by atoms with Gasteiger partial charge in [-0.3, -0.25) is 4.99 Å². The topological polar surface area (TPSA) is 88.8 Å². The summed E-state index contributed by atoms with van der Waals surface area (Å²) in [5, 5.41) is 8.88. The molecule has 0 aliphatic rings. The zero-order valence-electron chi connectivity index (χ0n) is 16.5. The lowest BCUT2D eigenvalue weighted by Gasteiger charge is -2.13. The van der Waals surface area contributed by atoms with E-state index in [4.69, 9.17) is 14.7 Å². The molecule has 0 unspecified atom stereocenters. The number of nitrogens with zero attached hydrogens (tertiary/aromatic N) is 2. The van der Waals surface area contributed by atoms with Crippen molar-refractivity contribution in [2.45, 2.75) is 0 Å². The maximum absolute atomic E-state index is 12.3. The maximum atomic E-state index is 12.3. The molecule has 0 saturated carbocycles. The van der Waals surface area contributed by atoms with E-state index in [2.05, 4.69) is 11.1 Å². The Hall–Kier alpha value is -4.24. The smallest absolute Gasteiger partial charge is 0.338 e. The minimum absolute atomic E-state index is 0.258. The van der Waals surface area contributed by atoms with Gasteiger partial charge in [0.1, 0.15) is 0 Å². The number of aliphatic imine (C=N–C) groups is 1. The Bertz CT molecular complexity index is 1120. The van der Waals surface area contributed by atoms with Gasteiger partial charge in [0, 0.05) is 11.8 Å². The Morgan fingerprint density at radius 1 is 0.900 bits per heavy atom. The van der Waals surface area contributed by atoms with Crippen molar-refractivity contribution in [1.29, 1.82) is 5.26 Å². The lowest BCUT2D eigenvalue weighted by Crippen LogP contribution is -2.10. The fraction of sp³-hybridized carbons (Fsp3) is 0.0833. The minimum atomic E-state index is -0.553. The molecule has 0 saturated heterocycles. The molecule has 0 radical (unpaired) electrons. The first kappa shape index (κ1) is 20.5. The third kappa shape index (κ3) is 4.42. The quantitative estimate of drug-likeness (QED) is 0.465. The van der Waals surface area contributed by atoms with E-state index < -0.39 is 11.9 Å². The van der Waals surface area contributed by atoms with Crippen LogP contribution in [0.1, 0.15) is 31.8 Å². The van der Waals surface area contributed by atoms with Crippen LogP contribution in [0.25, 0.3) is 11.1 Å². The van der Waals surface area contributed by atoms with Crippen molar-refractivity contribution in [2.24, 2.45) is 4.99 Å². The van der Waals surface area contributed by atoms with Gasteiger partial charge in [0.2, 0.25) is 0 Å². The highest BCUT2D eigenvalue weighted by Gasteiger charge is 2.21. The van der Waals surface area contributed by atoms with E-state index in [1.807, 2.05) is 6.07 Å². The van der Waals surface area contributed by atoms with E-state index in [0.29, 0.717) is 22.4 Å². The van der Waals surface area contributed by atoms with E-state index in [0.717, 1.165) is 5.56 Å². The number of carbonyl (C=O) groups excluding carboxylic acids is 2. The van der Waals surface area contributed by atoms with E-state index in [-0.39, 0.29) is 11.1 Å². The Balaban J connectivity index is 2.04. The molecule has 6 nitrogen and oxygen atoms in total. The minimum Gasteiger partial charge on any atom is -0.465 e. The zero-order valence-corrected chi connectivity index (χ0v) is 16.5. The van der Waals surface area contributed by atoms with Crippen LogP contribution in [0.15, 0.2) is 71.7 Å². The summed E-state index contributed by atoms with van der Waals surface area (Å²) in [5.41, 5.74) is 3.61. The molecule has 0 aliphatic carbocycles. The molecule has 0 fully saturated rings. The van der Waals surface area contributed by atoms with E-state index in [9.17, 15) is 9.59 Å². The highest BCUT2D eigenvalue weighted by atomic mass is 16.5. The van der Waals surface area contributed by atoms with Crippen molar-refractivity contribution >= 4 is 23.8 Å². The number of benzene rings is 3. The van der Waals surface area contributed by atoms with Crippen molar-refractivity contribution in [3.05, 3.63) is 89.0 Å². The Morgan fingerprint density at radius 2 is 1.50 bits per heavy atom. The molecule has 0 aromatic heterocycles. The first-order chi connectivity index (χ1) is 14.6. The zero-order chi connectivity index (χ0) is 21.5. The molecule has 0 heterocycles. The Morgan fingerprint density at radius 3 is 2.07 bits per heavy atom. The number of hydrogen-bond acceptors (Lipinski definition) is 6. The molecule has 0 amide bonds. The van der Waals surface area contributed by atoms with Gasteiger partial charge < -0.3 is 9.47 Å². The number of esters is 2. The lowest BCUT2D eigenvalue weighted by molar-refractivity contribution is 0.0601. The van der Waals surface area contributed by atoms with Crippen LogP contribution in [-0.4, -0.2) is 32.4 Å². The molecule has 3 aromatic rings. The highest BCUT2D eigenvalue weighted by Crippen LogP contribution is 2.31. The number of hydrogen-bond donors (Lipinski definition) is 0. The van der Waals surface area contributed by atoms with Crippen LogP contribution in [0.2, 0.25) is 0 Å². The molecular formula is C24H18N2O4. The summed E-state index contributed by atoms with van der Waals surface area (Å²) < 4.78 is 9.76. The van der Waals surface area contributed by atoms with Crippen LogP contribution in [-0.2, 0) is 9.47 Å². The van der Waals surface area contributed by atoms with Crippen LogP contribution >= 0.6 is 0 Å². The molecule has 0 N–H and O–H groups in total. The molecule has 3 rings (SSSR count). The van der Waals surface area contributed by atoms with Gasteiger partial charge in [0.25, 0.3) is 0 Å². The predicted molar refractivity (Wildman–Crippen MR) is 113 cm³/mol. The fourth-order valence-electron chi connectivity index (χ4n) is 2.96. The number of ether oxygens (including phenoxy) is 2. The van der Waals surface area contributed by atoms with Crippen LogP contribution in [0.3, 0.4) is 0 Å². The van der Waals surface area contributed by atoms with Gasteiger partial charge in [0.05, 0.1) is 42.7 Å². The lowest BCUT2D eigenvalue weighted by atomic mass is 9.94. The number of carbonyl (C=O) groups is 2. The van der Waals surface area contributed by atoms with Gasteiger partial charge in [-0.25, -0.2) is 9.59 Å². The van der Waals surface area contributed by atoms with Crippen LogP contribution in [0.5, 0.6) is 0 Å². The van der Waals surface area contributed by atoms with Gasteiger partial charge in [-0.1, -0.05) is 30.3 Å². The number of methoxy groups -OCH3 is 2. The molecule has 0 aliphatic heterocycles. The average Bonchev–Trinajstić information content (AvgIpc) is 2.81. The average molecular weight is 398 g/mol. The third-order valence-corrected chi connectivity index (χ3v) is 4.41. The molecule has 30 heavy (non-hydrogen) atoms. The second-order valence-electron chi connectivity index (χ2n) is 6.25. The first-order valence-electron chi connectivity index (χ1n) is 9.01. The normalized spacial score (nSPS) is 10.4. The summed E-state index contributed by atoms with van der Waals surface area (Å²) in [6.07, 6.45) is 1.67. The monoisotopic (exact) mass is 398 g/mol. The van der Waals surface area contributed by atoms with Gasteiger partial charge in [-0.15, -0.1) is 0 Å². The molecular weight excluding hydrogens is 380 g/mol. The second kappa shape index (κ2) is 9.30. The highest BCUT2D eigenvalue weighted by molar-refractivity contribution is 6.06. The molecule has 148 valence electrons. The van der Waals surface area contributed by atoms with Crippen molar-refractivity contribution < 1.29 is 19.1 Å². The standard InChI is InChI=1S/C24H18N2O4/c1-29-23(27)20-7-4-8-21(24(28)30-2)22(20)18-5-3-6-19(13-18)26-15-17-11-9-16(14-25)10-12-17/h3-13,15H,1-2H3/b26-15+. The SMILES string of the molecule is COC(=O)c1cccc(C(=O)OC)c1-c1cccc(/N=C/c2ccc(C#N)cc2)c1. The molecule has 6 heteroatoms. The van der Waals surface area contributed by atoms with Gasteiger partial charge in [-0.2, -0.15) is 5.26 Å². The second-order valence-corrected chi connectivity index (χ2v) is 6.25. The van der Waals surface area contributed by atoms with Crippen molar-refractivity contribution in [2.75, 3.05) is 14.2 Å². The predicted octanol–water partition coefficient (Wildman–Crippen LogP) is 4.55. The van der Waals surface area contributed by atoms with Crippen LogP contribution in [0.4, 0.5) is 5.69 Å². The molecule has 0 atom stereocenters. The summed E-state index contributed by atoms with van der Waals surface area (Å²) in [7, 11) is 2.57. The summed E-state index contributed by atoms with van der Waals surface area (Å²) in [4.78, 5) is 29.1. The molecule has 0 bridgehead atoms. The van der Waals surface area contributed by atoms with E-state index >= 15 is 0 Å². The van der Waals surface area contributed by atoms with Crippen LogP contribution in [0, 0.1) is 11.3 Å². The summed E-state index contributed by atoms with van der Waals surface area (Å²) in [5.74, 6) is -1.11. The molecule has 0 spiro atoms. The molecule has 3 aromatic carbocycles. The van der Waals surface area contributed by atoms with E-state index in [1.165, 1.54) is 14.2 Å². The summed E-state index contributed by atoms with van der Waals surface area (Å²) in [6.45, 7) is 0. The maximum Gasteiger partial charge on any atom is 0.338 e. The third-order valence-electron chi connectivity index (χ3n) is 4.41. The fourth-order valence-corrected chi connectivity index (χ4v) is 2.96. The Labute approximate surface area is 174 Å². The van der Waals surface area contributed by atoms with Gasteiger partial charge in [-0.05, 0) is 47.5 Å². The number of nitriles is 1. The van der Waals surface area contributed by atoms with Crippen LogP contribution < -0.4 is 0 Å². The van der Waals surface area contributed by atoms with E-state index in [1.54, 1.807) is 66.9 Å².